The van der Waals surface area contributed by atoms with Gasteiger partial charge in [0.05, 0.1) is 0 Å². The van der Waals surface area contributed by atoms with Crippen LogP contribution in [0.2, 0.25) is 0 Å². The molecule has 1 aliphatic rings. The Morgan fingerprint density at radius 3 is 2.83 bits per heavy atom. The lowest BCUT2D eigenvalue weighted by Crippen LogP contribution is -2.46. The fourth-order valence-corrected chi connectivity index (χ4v) is 2.88. The maximum absolute atomic E-state index is 12.2. The minimum atomic E-state index is 0.0193. The Morgan fingerprint density at radius 2 is 2.17 bits per heavy atom. The summed E-state index contributed by atoms with van der Waals surface area (Å²) < 4.78 is 0. The van der Waals surface area contributed by atoms with Crippen LogP contribution in [0.1, 0.15) is 49.9 Å². The first-order valence-electron chi connectivity index (χ1n) is 6.59. The molecule has 0 bridgehead atoms. The van der Waals surface area contributed by atoms with Crippen LogP contribution < -0.4 is 5.32 Å². The number of rotatable bonds is 2. The van der Waals surface area contributed by atoms with Crippen LogP contribution in [0.25, 0.3) is 0 Å². The second-order valence-corrected chi connectivity index (χ2v) is 6.33. The van der Waals surface area contributed by atoms with Crippen LogP contribution in [0.3, 0.4) is 0 Å². The predicted octanol–water partition coefficient (Wildman–Crippen LogP) is 3.67. The van der Waals surface area contributed by atoms with Gasteiger partial charge in [0.1, 0.15) is 0 Å². The van der Waals surface area contributed by atoms with Gasteiger partial charge in [0.15, 0.2) is 0 Å². The van der Waals surface area contributed by atoms with E-state index in [1.807, 2.05) is 24.3 Å². The standard InChI is InChI=1S/C15H21NOS/c1-15(2)9-4-3-8-13(15)16-14(17)11-6-5-7-12(18)10-11/h5-7,10,13,18H,3-4,8-9H2,1-2H3,(H,16,17). The quantitative estimate of drug-likeness (QED) is 0.783. The average molecular weight is 263 g/mol. The molecule has 1 saturated carbocycles. The Labute approximate surface area is 115 Å². The van der Waals surface area contributed by atoms with Crippen LogP contribution in [0.4, 0.5) is 0 Å². The zero-order valence-electron chi connectivity index (χ0n) is 11.1. The van der Waals surface area contributed by atoms with E-state index in [2.05, 4.69) is 31.8 Å². The highest BCUT2D eigenvalue weighted by Crippen LogP contribution is 2.35. The summed E-state index contributed by atoms with van der Waals surface area (Å²) in [6, 6.07) is 7.68. The van der Waals surface area contributed by atoms with Crippen molar-refractivity contribution in [2.24, 2.45) is 5.41 Å². The molecule has 0 aromatic heterocycles. The second kappa shape index (κ2) is 5.35. The highest BCUT2D eigenvalue weighted by Gasteiger charge is 2.33. The van der Waals surface area contributed by atoms with Gasteiger partial charge < -0.3 is 5.32 Å². The average Bonchev–Trinajstić information content (AvgIpc) is 2.31. The van der Waals surface area contributed by atoms with Crippen molar-refractivity contribution in [1.82, 2.24) is 5.32 Å². The number of carbonyl (C=O) groups is 1. The first-order valence-corrected chi connectivity index (χ1v) is 7.04. The Bertz CT molecular complexity index is 442. The molecule has 0 heterocycles. The molecule has 0 aliphatic heterocycles. The fraction of sp³-hybridized carbons (Fsp3) is 0.533. The summed E-state index contributed by atoms with van der Waals surface area (Å²) in [5, 5.41) is 3.18. The fourth-order valence-electron chi connectivity index (χ4n) is 2.65. The summed E-state index contributed by atoms with van der Waals surface area (Å²) in [7, 11) is 0. The Hall–Kier alpha value is -0.960. The smallest absolute Gasteiger partial charge is 0.251 e. The van der Waals surface area contributed by atoms with Gasteiger partial charge in [-0.1, -0.05) is 32.8 Å². The van der Waals surface area contributed by atoms with Gasteiger partial charge in [0, 0.05) is 16.5 Å². The van der Waals surface area contributed by atoms with Gasteiger partial charge in [0.2, 0.25) is 0 Å². The molecule has 1 fully saturated rings. The van der Waals surface area contributed by atoms with Crippen molar-refractivity contribution >= 4 is 18.5 Å². The lowest BCUT2D eigenvalue weighted by molar-refractivity contribution is 0.0853. The van der Waals surface area contributed by atoms with E-state index >= 15 is 0 Å². The third kappa shape index (κ3) is 3.08. The molecule has 3 heteroatoms. The molecule has 1 aliphatic carbocycles. The zero-order valence-corrected chi connectivity index (χ0v) is 12.0. The van der Waals surface area contributed by atoms with Crippen LogP contribution in [-0.4, -0.2) is 11.9 Å². The monoisotopic (exact) mass is 263 g/mol. The third-order valence-corrected chi connectivity index (χ3v) is 4.20. The molecule has 0 spiro atoms. The molecule has 18 heavy (non-hydrogen) atoms. The maximum atomic E-state index is 12.2. The second-order valence-electron chi connectivity index (χ2n) is 5.81. The van der Waals surface area contributed by atoms with Gasteiger partial charge in [-0.2, -0.15) is 0 Å². The molecule has 2 rings (SSSR count). The van der Waals surface area contributed by atoms with E-state index < -0.39 is 0 Å². The van der Waals surface area contributed by atoms with Crippen molar-refractivity contribution in [3.63, 3.8) is 0 Å². The van der Waals surface area contributed by atoms with E-state index in [9.17, 15) is 4.79 Å². The Balaban J connectivity index is 2.07. The summed E-state index contributed by atoms with van der Waals surface area (Å²) in [6.45, 7) is 4.48. The number of amides is 1. The van der Waals surface area contributed by atoms with Crippen LogP contribution in [-0.2, 0) is 0 Å². The minimum Gasteiger partial charge on any atom is -0.349 e. The molecule has 1 unspecified atom stereocenters. The summed E-state index contributed by atoms with van der Waals surface area (Å²) in [6.07, 6.45) is 4.75. The van der Waals surface area contributed by atoms with E-state index in [1.54, 1.807) is 0 Å². The highest BCUT2D eigenvalue weighted by molar-refractivity contribution is 7.80. The van der Waals surface area contributed by atoms with Crippen LogP contribution in [0.5, 0.6) is 0 Å². The number of hydrogen-bond donors (Lipinski definition) is 2. The lowest BCUT2D eigenvalue weighted by atomic mass is 9.73. The van der Waals surface area contributed by atoms with Crippen LogP contribution in [0.15, 0.2) is 29.2 Å². The maximum Gasteiger partial charge on any atom is 0.251 e. The zero-order chi connectivity index (χ0) is 13.2. The molecule has 0 saturated heterocycles. The molecule has 0 radical (unpaired) electrons. The Morgan fingerprint density at radius 1 is 1.39 bits per heavy atom. The third-order valence-electron chi connectivity index (χ3n) is 3.92. The Kier molecular flexibility index (Phi) is 4.00. The molecule has 1 atom stereocenters. The number of thiol groups is 1. The lowest BCUT2D eigenvalue weighted by Gasteiger charge is -2.39. The molecular weight excluding hydrogens is 242 g/mol. The van der Waals surface area contributed by atoms with Gasteiger partial charge in [-0.15, -0.1) is 12.6 Å². The van der Waals surface area contributed by atoms with Gasteiger partial charge in [0.25, 0.3) is 5.91 Å². The van der Waals surface area contributed by atoms with Gasteiger partial charge in [-0.25, -0.2) is 0 Å². The SMILES string of the molecule is CC1(C)CCCCC1NC(=O)c1cccc(S)c1. The summed E-state index contributed by atoms with van der Waals surface area (Å²) in [5.74, 6) is 0.0193. The van der Waals surface area contributed by atoms with Crippen molar-refractivity contribution in [1.29, 1.82) is 0 Å². The van der Waals surface area contributed by atoms with Crippen molar-refractivity contribution in [3.05, 3.63) is 29.8 Å². The largest absolute Gasteiger partial charge is 0.349 e. The number of nitrogens with one attached hydrogen (secondary N) is 1. The topological polar surface area (TPSA) is 29.1 Å². The molecular formula is C15H21NOS. The van der Waals surface area contributed by atoms with Crippen LogP contribution >= 0.6 is 12.6 Å². The van der Waals surface area contributed by atoms with Crippen LogP contribution in [0, 0.1) is 5.41 Å². The molecule has 1 aromatic rings. The van der Waals surface area contributed by atoms with E-state index in [1.165, 1.54) is 19.3 Å². The highest BCUT2D eigenvalue weighted by atomic mass is 32.1. The predicted molar refractivity (Wildman–Crippen MR) is 77.2 cm³/mol. The summed E-state index contributed by atoms with van der Waals surface area (Å²) in [5.41, 5.74) is 0.899. The summed E-state index contributed by atoms with van der Waals surface area (Å²) >= 11 is 4.27. The van der Waals surface area contributed by atoms with E-state index in [0.29, 0.717) is 5.56 Å². The molecule has 98 valence electrons. The van der Waals surface area contributed by atoms with Crippen molar-refractivity contribution in [3.8, 4) is 0 Å². The van der Waals surface area contributed by atoms with Crippen molar-refractivity contribution in [2.75, 3.05) is 0 Å². The number of benzene rings is 1. The first-order chi connectivity index (χ1) is 8.49. The minimum absolute atomic E-state index is 0.0193. The summed E-state index contributed by atoms with van der Waals surface area (Å²) in [4.78, 5) is 13.0. The first kappa shape index (κ1) is 13.5. The normalized spacial score (nSPS) is 22.5. The van der Waals surface area contributed by atoms with Gasteiger partial charge >= 0.3 is 0 Å². The molecule has 2 nitrogen and oxygen atoms in total. The van der Waals surface area contributed by atoms with E-state index in [0.717, 1.165) is 11.3 Å². The molecule has 1 aromatic carbocycles. The number of carbonyl (C=O) groups excluding carboxylic acids is 1. The van der Waals surface area contributed by atoms with Crippen molar-refractivity contribution < 1.29 is 4.79 Å². The van der Waals surface area contributed by atoms with Gasteiger partial charge in [-0.3, -0.25) is 4.79 Å². The van der Waals surface area contributed by atoms with Crippen molar-refractivity contribution in [2.45, 2.75) is 50.5 Å². The van der Waals surface area contributed by atoms with E-state index in [4.69, 9.17) is 0 Å². The number of hydrogen-bond acceptors (Lipinski definition) is 2. The molecule has 1 amide bonds. The van der Waals surface area contributed by atoms with Gasteiger partial charge in [-0.05, 0) is 36.5 Å². The molecule has 1 N–H and O–H groups in total. The van der Waals surface area contributed by atoms with E-state index in [-0.39, 0.29) is 17.4 Å².